The first-order valence-electron chi connectivity index (χ1n) is 12.4. The van der Waals surface area contributed by atoms with Gasteiger partial charge < -0.3 is 0 Å². The van der Waals surface area contributed by atoms with Crippen molar-refractivity contribution in [2.24, 2.45) is 0 Å². The zero-order valence-corrected chi connectivity index (χ0v) is 21.1. The lowest BCUT2D eigenvalue weighted by atomic mass is 9.70. The van der Waals surface area contributed by atoms with Gasteiger partial charge in [-0.15, -0.1) is 0 Å². The van der Waals surface area contributed by atoms with Crippen molar-refractivity contribution in [3.05, 3.63) is 154 Å². The second-order valence-corrected chi connectivity index (χ2v) is 10.7. The zero-order valence-electron chi connectivity index (χ0n) is 19.5. The molecular formula is C35H21Br. The Morgan fingerprint density at radius 2 is 1.03 bits per heavy atom. The average Bonchev–Trinajstić information content (AvgIpc) is 3.40. The molecule has 1 heteroatoms. The summed E-state index contributed by atoms with van der Waals surface area (Å²) in [7, 11) is 0. The van der Waals surface area contributed by atoms with E-state index >= 15 is 0 Å². The van der Waals surface area contributed by atoms with Crippen LogP contribution in [0.2, 0.25) is 0 Å². The van der Waals surface area contributed by atoms with Gasteiger partial charge >= 0.3 is 0 Å². The van der Waals surface area contributed by atoms with Gasteiger partial charge in [0.15, 0.2) is 0 Å². The highest BCUT2D eigenvalue weighted by Crippen LogP contribution is 2.63. The molecule has 2 aliphatic rings. The topological polar surface area (TPSA) is 0 Å². The molecule has 0 bridgehead atoms. The van der Waals surface area contributed by atoms with Crippen LogP contribution >= 0.6 is 15.9 Å². The van der Waals surface area contributed by atoms with Crippen molar-refractivity contribution in [3.63, 3.8) is 0 Å². The molecule has 8 rings (SSSR count). The highest BCUT2D eigenvalue weighted by atomic mass is 79.9. The van der Waals surface area contributed by atoms with E-state index in [9.17, 15) is 0 Å². The molecule has 0 N–H and O–H groups in total. The summed E-state index contributed by atoms with van der Waals surface area (Å²) in [5, 5.41) is 2.55. The molecule has 0 saturated carbocycles. The van der Waals surface area contributed by atoms with E-state index in [2.05, 4.69) is 143 Å². The summed E-state index contributed by atoms with van der Waals surface area (Å²) in [4.78, 5) is 0. The first kappa shape index (κ1) is 20.3. The van der Waals surface area contributed by atoms with Crippen molar-refractivity contribution in [2.75, 3.05) is 0 Å². The van der Waals surface area contributed by atoms with Crippen LogP contribution in [0.15, 0.2) is 132 Å². The quantitative estimate of drug-likeness (QED) is 0.202. The number of halogens is 1. The molecular weight excluding hydrogens is 500 g/mol. The van der Waals surface area contributed by atoms with Gasteiger partial charge in [0.1, 0.15) is 0 Å². The molecule has 1 unspecified atom stereocenters. The number of hydrogen-bond donors (Lipinski definition) is 0. The van der Waals surface area contributed by atoms with Crippen LogP contribution in [0, 0.1) is 0 Å². The maximum atomic E-state index is 3.90. The fourth-order valence-electron chi connectivity index (χ4n) is 6.69. The van der Waals surface area contributed by atoms with Gasteiger partial charge in [-0.25, -0.2) is 0 Å². The van der Waals surface area contributed by atoms with Gasteiger partial charge in [0.25, 0.3) is 0 Å². The molecule has 0 aliphatic heterocycles. The summed E-state index contributed by atoms with van der Waals surface area (Å²) in [6.07, 6.45) is 0. The SMILES string of the molecule is Brc1cccc2c1-c1ccccc1C21c2ccccc2-c2ccc(-c3ccc4ccccc4c3)cc21. The van der Waals surface area contributed by atoms with Crippen molar-refractivity contribution in [1.29, 1.82) is 0 Å². The molecule has 6 aromatic rings. The Morgan fingerprint density at radius 3 is 1.89 bits per heavy atom. The first-order chi connectivity index (χ1) is 17.8. The standard InChI is InChI=1S/C35H21Br/c36-33-15-7-14-31-34(33)28-11-4-6-13-30(28)35(31)29-12-5-3-10-26(29)27-19-18-25(21-32(27)35)24-17-16-22-8-1-2-9-23(22)20-24/h1-21H. The summed E-state index contributed by atoms with van der Waals surface area (Å²) in [5.41, 5.74) is 13.0. The van der Waals surface area contributed by atoms with Gasteiger partial charge in [-0.3, -0.25) is 0 Å². The molecule has 1 spiro atoms. The van der Waals surface area contributed by atoms with E-state index in [1.165, 1.54) is 66.4 Å². The molecule has 0 aromatic heterocycles. The Labute approximate surface area is 219 Å². The third-order valence-corrected chi connectivity index (χ3v) is 8.81. The molecule has 1 atom stereocenters. The van der Waals surface area contributed by atoms with Crippen LogP contribution in [0.1, 0.15) is 22.3 Å². The normalized spacial score (nSPS) is 16.6. The average molecular weight is 521 g/mol. The molecule has 0 radical (unpaired) electrons. The van der Waals surface area contributed by atoms with Gasteiger partial charge in [0.05, 0.1) is 5.41 Å². The molecule has 2 aliphatic carbocycles. The van der Waals surface area contributed by atoms with E-state index < -0.39 is 0 Å². The van der Waals surface area contributed by atoms with Crippen LogP contribution in [0.5, 0.6) is 0 Å². The first-order valence-corrected chi connectivity index (χ1v) is 13.2. The Kier molecular flexibility index (Phi) is 4.10. The minimum Gasteiger partial charge on any atom is -0.0619 e. The maximum absolute atomic E-state index is 3.90. The molecule has 0 nitrogen and oxygen atoms in total. The van der Waals surface area contributed by atoms with Gasteiger partial charge in [-0.05, 0) is 79.0 Å². The third kappa shape index (κ3) is 2.49. The van der Waals surface area contributed by atoms with Crippen LogP contribution in [0.3, 0.4) is 0 Å². The largest absolute Gasteiger partial charge is 0.0726 e. The summed E-state index contributed by atoms with van der Waals surface area (Å²) in [5.74, 6) is 0. The molecule has 0 fully saturated rings. The number of hydrogen-bond acceptors (Lipinski definition) is 0. The minimum atomic E-state index is -0.325. The molecule has 6 aromatic carbocycles. The zero-order chi connectivity index (χ0) is 23.9. The van der Waals surface area contributed by atoms with Crippen LogP contribution < -0.4 is 0 Å². The number of rotatable bonds is 1. The Morgan fingerprint density at radius 1 is 0.417 bits per heavy atom. The van der Waals surface area contributed by atoms with Gasteiger partial charge in [-0.2, -0.15) is 0 Å². The summed E-state index contributed by atoms with van der Waals surface area (Å²) in [6.45, 7) is 0. The van der Waals surface area contributed by atoms with Crippen LogP contribution in [0.25, 0.3) is 44.2 Å². The van der Waals surface area contributed by atoms with E-state index in [1.54, 1.807) is 0 Å². The Hall–Kier alpha value is -3.94. The summed E-state index contributed by atoms with van der Waals surface area (Å²) >= 11 is 3.90. The van der Waals surface area contributed by atoms with Crippen LogP contribution in [-0.2, 0) is 5.41 Å². The second kappa shape index (κ2) is 7.29. The Balaban J connectivity index is 1.48. The summed E-state index contributed by atoms with van der Waals surface area (Å²) < 4.78 is 1.15. The van der Waals surface area contributed by atoms with Crippen LogP contribution in [-0.4, -0.2) is 0 Å². The van der Waals surface area contributed by atoms with Crippen LogP contribution in [0.4, 0.5) is 0 Å². The predicted octanol–water partition coefficient (Wildman–Crippen LogP) is 9.61. The van der Waals surface area contributed by atoms with E-state index in [0.717, 1.165) is 4.47 Å². The Bertz CT molecular complexity index is 1860. The molecule has 168 valence electrons. The summed E-state index contributed by atoms with van der Waals surface area (Å²) in [6, 6.07) is 47.1. The second-order valence-electron chi connectivity index (χ2n) is 9.83. The lowest BCUT2D eigenvalue weighted by molar-refractivity contribution is 0.794. The molecule has 0 saturated heterocycles. The lowest BCUT2D eigenvalue weighted by Gasteiger charge is -2.30. The smallest absolute Gasteiger partial charge is 0.0619 e. The molecule has 0 amide bonds. The van der Waals surface area contributed by atoms with E-state index in [1.807, 2.05) is 0 Å². The van der Waals surface area contributed by atoms with Gasteiger partial charge in [0.2, 0.25) is 0 Å². The number of benzene rings is 6. The fraction of sp³-hybridized carbons (Fsp3) is 0.0286. The molecule has 0 heterocycles. The van der Waals surface area contributed by atoms with Crippen molar-refractivity contribution < 1.29 is 0 Å². The van der Waals surface area contributed by atoms with Crippen molar-refractivity contribution in [1.82, 2.24) is 0 Å². The van der Waals surface area contributed by atoms with Crippen molar-refractivity contribution in [2.45, 2.75) is 5.41 Å². The van der Waals surface area contributed by atoms with Crippen molar-refractivity contribution in [3.8, 4) is 33.4 Å². The monoisotopic (exact) mass is 520 g/mol. The molecule has 36 heavy (non-hydrogen) atoms. The lowest BCUT2D eigenvalue weighted by Crippen LogP contribution is -2.25. The highest BCUT2D eigenvalue weighted by molar-refractivity contribution is 9.10. The van der Waals surface area contributed by atoms with Gasteiger partial charge in [-0.1, -0.05) is 125 Å². The maximum Gasteiger partial charge on any atom is 0.0726 e. The number of fused-ring (bicyclic) bond motifs is 11. The third-order valence-electron chi connectivity index (χ3n) is 8.15. The predicted molar refractivity (Wildman–Crippen MR) is 153 cm³/mol. The minimum absolute atomic E-state index is 0.325. The highest BCUT2D eigenvalue weighted by Gasteiger charge is 2.52. The van der Waals surface area contributed by atoms with E-state index in [-0.39, 0.29) is 5.41 Å². The van der Waals surface area contributed by atoms with E-state index in [0.29, 0.717) is 0 Å². The fourth-order valence-corrected chi connectivity index (χ4v) is 7.27. The van der Waals surface area contributed by atoms with Crippen molar-refractivity contribution >= 4 is 26.7 Å². The van der Waals surface area contributed by atoms with Gasteiger partial charge in [0, 0.05) is 10.0 Å². The van der Waals surface area contributed by atoms with E-state index in [4.69, 9.17) is 0 Å².